The smallest absolute Gasteiger partial charge is 0.422 e. The second kappa shape index (κ2) is 9.00. The second-order valence-electron chi connectivity index (χ2n) is 5.23. The fourth-order valence-corrected chi connectivity index (χ4v) is 2.03. The topological polar surface area (TPSA) is 58.8 Å². The lowest BCUT2D eigenvalue weighted by Crippen LogP contribution is -2.37. The number of nitrogens with zero attached hydrogens (tertiary/aromatic N) is 1. The van der Waals surface area contributed by atoms with Gasteiger partial charge in [0.15, 0.2) is 12.6 Å². The summed E-state index contributed by atoms with van der Waals surface area (Å²) in [6.45, 7) is -0.145. The molecule has 0 saturated carbocycles. The van der Waals surface area contributed by atoms with E-state index < -0.39 is 12.8 Å². The molecule has 2 aromatic rings. The Kier molecular flexibility index (Phi) is 6.73. The van der Waals surface area contributed by atoms with Gasteiger partial charge in [0.1, 0.15) is 11.5 Å². The Bertz CT molecular complexity index is 653. The number of guanidine groups is 1. The van der Waals surface area contributed by atoms with Gasteiger partial charge in [-0.3, -0.25) is 4.99 Å². The zero-order valence-electron chi connectivity index (χ0n) is 13.8. The second-order valence-corrected chi connectivity index (χ2v) is 5.23. The van der Waals surface area contributed by atoms with Crippen LogP contribution in [0.3, 0.4) is 0 Å². The molecule has 2 N–H and O–H groups in total. The molecule has 1 aromatic carbocycles. The number of alkyl halides is 3. The molecular formula is C17H20F3N3O2. The standard InChI is InChI=1S/C17H20F3N3O2/c1-21-16(22-9-8-14-3-2-10-24-14)23-11-13-4-6-15(7-5-13)25-12-17(18,19)20/h2-7,10H,8-9,11-12H2,1H3,(H2,21,22,23). The summed E-state index contributed by atoms with van der Waals surface area (Å²) in [5, 5.41) is 6.28. The Morgan fingerprint density at radius 1 is 1.16 bits per heavy atom. The molecule has 2 rings (SSSR count). The third kappa shape index (κ3) is 7.19. The fraction of sp³-hybridized carbons (Fsp3) is 0.353. The number of hydrogen-bond donors (Lipinski definition) is 2. The predicted molar refractivity (Wildman–Crippen MR) is 88.6 cm³/mol. The zero-order valence-corrected chi connectivity index (χ0v) is 13.8. The van der Waals surface area contributed by atoms with Crippen LogP contribution in [0.25, 0.3) is 0 Å². The van der Waals surface area contributed by atoms with E-state index >= 15 is 0 Å². The summed E-state index contributed by atoms with van der Waals surface area (Å²) < 4.78 is 46.2. The van der Waals surface area contributed by atoms with Gasteiger partial charge in [-0.15, -0.1) is 0 Å². The molecule has 1 heterocycles. The summed E-state index contributed by atoms with van der Waals surface area (Å²) in [6, 6.07) is 10.2. The first-order chi connectivity index (χ1) is 12.0. The highest BCUT2D eigenvalue weighted by atomic mass is 19.4. The van der Waals surface area contributed by atoms with Crippen LogP contribution < -0.4 is 15.4 Å². The highest BCUT2D eigenvalue weighted by molar-refractivity contribution is 5.79. The van der Waals surface area contributed by atoms with Crippen LogP contribution in [0.2, 0.25) is 0 Å². The van der Waals surface area contributed by atoms with E-state index in [2.05, 4.69) is 20.4 Å². The predicted octanol–water partition coefficient (Wildman–Crippen LogP) is 3.13. The number of furan rings is 1. The van der Waals surface area contributed by atoms with Gasteiger partial charge in [-0.25, -0.2) is 0 Å². The van der Waals surface area contributed by atoms with Crippen molar-refractivity contribution in [3.63, 3.8) is 0 Å². The normalized spacial score (nSPS) is 12.1. The Hall–Kier alpha value is -2.64. The molecule has 0 spiro atoms. The van der Waals surface area contributed by atoms with Crippen molar-refractivity contribution in [3.8, 4) is 5.75 Å². The lowest BCUT2D eigenvalue weighted by molar-refractivity contribution is -0.153. The molecule has 0 unspecified atom stereocenters. The quantitative estimate of drug-likeness (QED) is 0.592. The van der Waals surface area contributed by atoms with E-state index in [9.17, 15) is 13.2 Å². The SMILES string of the molecule is CN=C(NCCc1ccco1)NCc1ccc(OCC(F)(F)F)cc1. The molecule has 0 bridgehead atoms. The molecule has 0 amide bonds. The van der Waals surface area contributed by atoms with Crippen LogP contribution in [0.15, 0.2) is 52.1 Å². The van der Waals surface area contributed by atoms with Gasteiger partial charge in [0.2, 0.25) is 0 Å². The van der Waals surface area contributed by atoms with E-state index in [0.717, 1.165) is 17.7 Å². The zero-order chi connectivity index (χ0) is 18.1. The molecule has 0 aliphatic heterocycles. The molecular weight excluding hydrogens is 335 g/mol. The number of hydrogen-bond acceptors (Lipinski definition) is 3. The van der Waals surface area contributed by atoms with Crippen molar-refractivity contribution >= 4 is 5.96 Å². The van der Waals surface area contributed by atoms with E-state index in [0.29, 0.717) is 19.0 Å². The van der Waals surface area contributed by atoms with Crippen LogP contribution in [0.1, 0.15) is 11.3 Å². The molecule has 5 nitrogen and oxygen atoms in total. The first kappa shape index (κ1) is 18.7. The molecule has 136 valence electrons. The maximum absolute atomic E-state index is 12.1. The van der Waals surface area contributed by atoms with Crippen LogP contribution >= 0.6 is 0 Å². The van der Waals surface area contributed by atoms with Gasteiger partial charge in [-0.2, -0.15) is 13.2 Å². The van der Waals surface area contributed by atoms with Crippen LogP contribution in [-0.2, 0) is 13.0 Å². The Labute approximate surface area is 143 Å². The average molecular weight is 355 g/mol. The van der Waals surface area contributed by atoms with Gasteiger partial charge >= 0.3 is 6.18 Å². The van der Waals surface area contributed by atoms with Gasteiger partial charge in [0.05, 0.1) is 6.26 Å². The minimum Gasteiger partial charge on any atom is -0.484 e. The van der Waals surface area contributed by atoms with E-state index in [1.807, 2.05) is 12.1 Å². The summed E-state index contributed by atoms with van der Waals surface area (Å²) in [5.41, 5.74) is 0.897. The van der Waals surface area contributed by atoms with Crippen molar-refractivity contribution in [3.05, 3.63) is 54.0 Å². The summed E-state index contributed by atoms with van der Waals surface area (Å²) in [4.78, 5) is 4.11. The summed E-state index contributed by atoms with van der Waals surface area (Å²) in [5.74, 6) is 1.70. The number of aliphatic imine (C=N–C) groups is 1. The minimum atomic E-state index is -4.34. The van der Waals surface area contributed by atoms with Gasteiger partial charge in [0.25, 0.3) is 0 Å². The third-order valence-electron chi connectivity index (χ3n) is 3.25. The van der Waals surface area contributed by atoms with Gasteiger partial charge in [-0.1, -0.05) is 12.1 Å². The average Bonchev–Trinajstić information content (AvgIpc) is 3.10. The van der Waals surface area contributed by atoms with E-state index in [4.69, 9.17) is 4.42 Å². The van der Waals surface area contributed by atoms with Crippen LogP contribution in [0.4, 0.5) is 13.2 Å². The fourth-order valence-electron chi connectivity index (χ4n) is 2.03. The maximum Gasteiger partial charge on any atom is 0.422 e. The lowest BCUT2D eigenvalue weighted by atomic mass is 10.2. The Morgan fingerprint density at radius 2 is 1.92 bits per heavy atom. The van der Waals surface area contributed by atoms with E-state index in [-0.39, 0.29) is 5.75 Å². The largest absolute Gasteiger partial charge is 0.484 e. The molecule has 0 atom stereocenters. The van der Waals surface area contributed by atoms with Gasteiger partial charge in [-0.05, 0) is 29.8 Å². The third-order valence-corrected chi connectivity index (χ3v) is 3.25. The monoisotopic (exact) mass is 355 g/mol. The highest BCUT2D eigenvalue weighted by Gasteiger charge is 2.28. The van der Waals surface area contributed by atoms with Crippen molar-refractivity contribution < 1.29 is 22.3 Å². The van der Waals surface area contributed by atoms with E-state index in [1.165, 1.54) is 12.1 Å². The molecule has 0 fully saturated rings. The van der Waals surface area contributed by atoms with Crippen LogP contribution in [-0.4, -0.2) is 32.3 Å². The number of benzene rings is 1. The van der Waals surface area contributed by atoms with E-state index in [1.54, 1.807) is 25.4 Å². The number of halogens is 3. The molecule has 1 aromatic heterocycles. The first-order valence-electron chi connectivity index (χ1n) is 7.71. The van der Waals surface area contributed by atoms with Crippen molar-refractivity contribution in [2.45, 2.75) is 19.1 Å². The Morgan fingerprint density at radius 3 is 2.52 bits per heavy atom. The molecule has 0 radical (unpaired) electrons. The van der Waals surface area contributed by atoms with Gasteiger partial charge in [0, 0.05) is 26.6 Å². The van der Waals surface area contributed by atoms with Crippen LogP contribution in [0, 0.1) is 0 Å². The maximum atomic E-state index is 12.1. The van der Waals surface area contributed by atoms with Crippen molar-refractivity contribution in [1.29, 1.82) is 0 Å². The first-order valence-corrected chi connectivity index (χ1v) is 7.71. The Balaban J connectivity index is 1.73. The molecule has 25 heavy (non-hydrogen) atoms. The molecule has 0 aliphatic carbocycles. The number of ether oxygens (including phenoxy) is 1. The highest BCUT2D eigenvalue weighted by Crippen LogP contribution is 2.18. The summed E-state index contributed by atoms with van der Waals surface area (Å²) in [6.07, 6.45) is -1.97. The molecule has 0 saturated heterocycles. The van der Waals surface area contributed by atoms with Gasteiger partial charge < -0.3 is 19.8 Å². The number of nitrogens with one attached hydrogen (secondary N) is 2. The minimum absolute atomic E-state index is 0.182. The van der Waals surface area contributed by atoms with Crippen molar-refractivity contribution in [1.82, 2.24) is 10.6 Å². The van der Waals surface area contributed by atoms with Crippen LogP contribution in [0.5, 0.6) is 5.75 Å². The summed E-state index contributed by atoms with van der Waals surface area (Å²) in [7, 11) is 1.66. The molecule has 0 aliphatic rings. The summed E-state index contributed by atoms with van der Waals surface area (Å²) >= 11 is 0. The molecule has 8 heteroatoms. The van der Waals surface area contributed by atoms with Crippen molar-refractivity contribution in [2.75, 3.05) is 20.2 Å². The lowest BCUT2D eigenvalue weighted by Gasteiger charge is -2.12. The van der Waals surface area contributed by atoms with Crippen molar-refractivity contribution in [2.24, 2.45) is 4.99 Å². The number of rotatable bonds is 7.